The summed E-state index contributed by atoms with van der Waals surface area (Å²) < 4.78 is 6.09. The van der Waals surface area contributed by atoms with Crippen molar-refractivity contribution < 1.29 is 19.4 Å². The molecule has 2 aromatic carbocycles. The van der Waals surface area contributed by atoms with E-state index in [0.717, 1.165) is 5.56 Å². The first-order valence-corrected chi connectivity index (χ1v) is 10.0. The number of rotatable bonds is 4. The average molecular weight is 436 g/mol. The van der Waals surface area contributed by atoms with Gasteiger partial charge in [0, 0.05) is 33.4 Å². The maximum Gasteiger partial charge on any atom is 0.307 e. The van der Waals surface area contributed by atoms with E-state index in [9.17, 15) is 14.7 Å². The highest BCUT2D eigenvalue weighted by molar-refractivity contribution is 6.32. The summed E-state index contributed by atoms with van der Waals surface area (Å²) in [6.07, 6.45) is -0.544. The van der Waals surface area contributed by atoms with Gasteiger partial charge in [0.05, 0.1) is 13.0 Å². The SMILES string of the molecule is CC(C)(C)CN1C(=O)C(CC(=O)O)(c2ccccc2Cl)OCc2cc(Cl)ccc21. The van der Waals surface area contributed by atoms with Gasteiger partial charge in [-0.05, 0) is 29.7 Å². The Morgan fingerprint density at radius 1 is 1.21 bits per heavy atom. The van der Waals surface area contributed by atoms with Crippen molar-refractivity contribution in [3.05, 3.63) is 63.6 Å². The number of ether oxygens (including phenoxy) is 1. The summed E-state index contributed by atoms with van der Waals surface area (Å²) in [6, 6.07) is 11.9. The van der Waals surface area contributed by atoms with Crippen LogP contribution >= 0.6 is 23.2 Å². The van der Waals surface area contributed by atoms with E-state index in [1.807, 2.05) is 20.8 Å². The van der Waals surface area contributed by atoms with Crippen molar-refractivity contribution in [3.8, 4) is 0 Å². The van der Waals surface area contributed by atoms with Crippen LogP contribution in [0.1, 0.15) is 38.3 Å². The molecule has 1 aliphatic heterocycles. The number of nitrogens with zero attached hydrogens (tertiary/aromatic N) is 1. The van der Waals surface area contributed by atoms with Crippen LogP contribution in [0.15, 0.2) is 42.5 Å². The van der Waals surface area contributed by atoms with Crippen LogP contribution in [0.5, 0.6) is 0 Å². The number of anilines is 1. The molecule has 1 N–H and O–H groups in total. The number of amides is 1. The first-order valence-electron chi connectivity index (χ1n) is 9.25. The number of carboxylic acids is 1. The average Bonchev–Trinajstić information content (AvgIpc) is 2.71. The third-order valence-corrected chi connectivity index (χ3v) is 5.30. The van der Waals surface area contributed by atoms with Gasteiger partial charge in [0.1, 0.15) is 0 Å². The number of aliphatic carboxylic acids is 1. The van der Waals surface area contributed by atoms with Crippen LogP contribution in [0.4, 0.5) is 5.69 Å². The maximum atomic E-state index is 13.9. The molecule has 0 aromatic heterocycles. The van der Waals surface area contributed by atoms with E-state index in [0.29, 0.717) is 22.8 Å². The zero-order valence-corrected chi connectivity index (χ0v) is 18.0. The molecule has 0 radical (unpaired) electrons. The summed E-state index contributed by atoms with van der Waals surface area (Å²) in [6.45, 7) is 6.43. The third kappa shape index (κ3) is 4.42. The molecular formula is C22H23Cl2NO4. The largest absolute Gasteiger partial charge is 0.481 e. The van der Waals surface area contributed by atoms with Gasteiger partial charge in [-0.2, -0.15) is 0 Å². The molecule has 1 heterocycles. The van der Waals surface area contributed by atoms with E-state index >= 15 is 0 Å². The normalized spacial score (nSPS) is 19.6. The number of hydrogen-bond donors (Lipinski definition) is 1. The van der Waals surface area contributed by atoms with Crippen LogP contribution in [0, 0.1) is 5.41 Å². The van der Waals surface area contributed by atoms with Crippen molar-refractivity contribution in [2.75, 3.05) is 11.4 Å². The number of hydrogen-bond acceptors (Lipinski definition) is 3. The van der Waals surface area contributed by atoms with Crippen molar-refractivity contribution >= 4 is 40.8 Å². The van der Waals surface area contributed by atoms with Crippen molar-refractivity contribution in [1.29, 1.82) is 0 Å². The monoisotopic (exact) mass is 435 g/mol. The van der Waals surface area contributed by atoms with Crippen LogP contribution in [-0.4, -0.2) is 23.5 Å². The van der Waals surface area contributed by atoms with Gasteiger partial charge < -0.3 is 14.7 Å². The molecule has 0 saturated carbocycles. The van der Waals surface area contributed by atoms with Crippen LogP contribution in [-0.2, 0) is 26.5 Å². The van der Waals surface area contributed by atoms with Gasteiger partial charge in [0.2, 0.25) is 0 Å². The van der Waals surface area contributed by atoms with Gasteiger partial charge >= 0.3 is 5.97 Å². The molecule has 1 aliphatic rings. The lowest BCUT2D eigenvalue weighted by Gasteiger charge is -2.37. The summed E-state index contributed by atoms with van der Waals surface area (Å²) in [4.78, 5) is 27.3. The Balaban J connectivity index is 2.24. The molecule has 0 fully saturated rings. The predicted octanol–water partition coefficient (Wildman–Crippen LogP) is 5.27. The van der Waals surface area contributed by atoms with Crippen molar-refractivity contribution in [1.82, 2.24) is 0 Å². The predicted molar refractivity (Wildman–Crippen MR) is 113 cm³/mol. The molecule has 2 aromatic rings. The number of carbonyl (C=O) groups excluding carboxylic acids is 1. The summed E-state index contributed by atoms with van der Waals surface area (Å²) >= 11 is 12.6. The summed E-state index contributed by atoms with van der Waals surface area (Å²) in [7, 11) is 0. The van der Waals surface area contributed by atoms with E-state index in [2.05, 4.69) is 0 Å². The molecule has 3 rings (SSSR count). The van der Waals surface area contributed by atoms with Crippen molar-refractivity contribution in [2.24, 2.45) is 5.41 Å². The lowest BCUT2D eigenvalue weighted by molar-refractivity contribution is -0.160. The lowest BCUT2D eigenvalue weighted by atomic mass is 9.87. The maximum absolute atomic E-state index is 13.9. The van der Waals surface area contributed by atoms with E-state index in [4.69, 9.17) is 27.9 Å². The molecule has 5 nitrogen and oxygen atoms in total. The summed E-state index contributed by atoms with van der Waals surface area (Å²) in [5.41, 5.74) is -0.275. The number of halogens is 2. The second-order valence-electron chi connectivity index (χ2n) is 8.39. The molecule has 0 bridgehead atoms. The topological polar surface area (TPSA) is 66.8 Å². The molecule has 1 amide bonds. The Kier molecular flexibility index (Phi) is 5.95. The molecule has 7 heteroatoms. The summed E-state index contributed by atoms with van der Waals surface area (Å²) in [5.74, 6) is -1.61. The highest BCUT2D eigenvalue weighted by Crippen LogP contribution is 2.43. The standard InChI is InChI=1S/C22H23Cl2NO4/c1-21(2,3)13-25-18-9-8-15(23)10-14(18)12-29-22(20(25)28,11-19(26)27)16-6-4-5-7-17(16)24/h4-10H,11-13H2,1-3H3,(H,26,27). The van der Waals surface area contributed by atoms with Gasteiger partial charge in [-0.15, -0.1) is 0 Å². The molecule has 0 aliphatic carbocycles. The quantitative estimate of drug-likeness (QED) is 0.709. The number of benzene rings is 2. The number of fused-ring (bicyclic) bond motifs is 1. The zero-order valence-electron chi connectivity index (χ0n) is 16.5. The Morgan fingerprint density at radius 2 is 1.90 bits per heavy atom. The molecule has 0 spiro atoms. The van der Waals surface area contributed by atoms with Gasteiger partial charge in [0.25, 0.3) is 5.91 Å². The zero-order chi connectivity index (χ0) is 21.4. The van der Waals surface area contributed by atoms with Gasteiger partial charge in [0.15, 0.2) is 5.60 Å². The first-order chi connectivity index (χ1) is 13.5. The second-order valence-corrected chi connectivity index (χ2v) is 9.23. The Labute approximate surface area is 180 Å². The van der Waals surface area contributed by atoms with Gasteiger partial charge in [-0.3, -0.25) is 9.59 Å². The Hall–Kier alpha value is -2.08. The molecule has 29 heavy (non-hydrogen) atoms. The minimum atomic E-state index is -1.75. The fourth-order valence-electron chi connectivity index (χ4n) is 3.57. The minimum absolute atomic E-state index is 0.0286. The van der Waals surface area contributed by atoms with E-state index < -0.39 is 23.9 Å². The van der Waals surface area contributed by atoms with Crippen LogP contribution < -0.4 is 4.90 Å². The fraction of sp³-hybridized carbons (Fsp3) is 0.364. The molecule has 154 valence electrons. The van der Waals surface area contributed by atoms with Gasteiger partial charge in [-0.1, -0.05) is 62.2 Å². The van der Waals surface area contributed by atoms with E-state index in [1.54, 1.807) is 47.4 Å². The van der Waals surface area contributed by atoms with Crippen molar-refractivity contribution in [2.45, 2.75) is 39.4 Å². The third-order valence-electron chi connectivity index (χ3n) is 4.74. The molecule has 0 saturated heterocycles. The smallest absolute Gasteiger partial charge is 0.307 e. The van der Waals surface area contributed by atoms with E-state index in [1.165, 1.54) is 0 Å². The highest BCUT2D eigenvalue weighted by atomic mass is 35.5. The first kappa shape index (κ1) is 21.6. The van der Waals surface area contributed by atoms with Crippen LogP contribution in [0.2, 0.25) is 10.0 Å². The lowest BCUT2D eigenvalue weighted by Crippen LogP contribution is -2.51. The van der Waals surface area contributed by atoms with Crippen LogP contribution in [0.3, 0.4) is 0 Å². The van der Waals surface area contributed by atoms with Gasteiger partial charge in [-0.25, -0.2) is 0 Å². The minimum Gasteiger partial charge on any atom is -0.481 e. The molecule has 1 unspecified atom stereocenters. The van der Waals surface area contributed by atoms with E-state index in [-0.39, 0.29) is 17.0 Å². The summed E-state index contributed by atoms with van der Waals surface area (Å²) in [5, 5.41) is 10.5. The van der Waals surface area contributed by atoms with Crippen molar-refractivity contribution in [3.63, 3.8) is 0 Å². The highest BCUT2D eigenvalue weighted by Gasteiger charge is 2.50. The van der Waals surface area contributed by atoms with Crippen LogP contribution in [0.25, 0.3) is 0 Å². The number of carbonyl (C=O) groups is 2. The fourth-order valence-corrected chi connectivity index (χ4v) is 4.05. The number of carboxylic acid groups (broad SMARTS) is 1. The Morgan fingerprint density at radius 3 is 2.52 bits per heavy atom. The molecule has 1 atom stereocenters. The Bertz CT molecular complexity index is 954. The second kappa shape index (κ2) is 7.98. The molecular weight excluding hydrogens is 413 g/mol.